The molecule has 1 amide bonds. The molecule has 0 atom stereocenters. The SMILES string of the molecule is CCCN=C(N)N1CCCN(C(C)=O)CC1. The Bertz CT molecular complexity index is 265. The van der Waals surface area contributed by atoms with Crippen LogP contribution in [0.25, 0.3) is 0 Å². The van der Waals surface area contributed by atoms with Gasteiger partial charge < -0.3 is 15.5 Å². The molecule has 0 aromatic carbocycles. The van der Waals surface area contributed by atoms with E-state index in [0.717, 1.165) is 45.6 Å². The summed E-state index contributed by atoms with van der Waals surface area (Å²) in [6.07, 6.45) is 1.97. The van der Waals surface area contributed by atoms with Gasteiger partial charge in [-0.1, -0.05) is 6.92 Å². The Morgan fingerprint density at radius 2 is 1.88 bits per heavy atom. The maximum absolute atomic E-state index is 11.2. The molecule has 92 valence electrons. The van der Waals surface area contributed by atoms with Crippen molar-refractivity contribution in [3.05, 3.63) is 0 Å². The smallest absolute Gasteiger partial charge is 0.219 e. The third-order valence-electron chi connectivity index (χ3n) is 2.76. The van der Waals surface area contributed by atoms with Gasteiger partial charge in [-0.2, -0.15) is 0 Å². The number of guanidine groups is 1. The van der Waals surface area contributed by atoms with Crippen molar-refractivity contribution in [2.24, 2.45) is 10.7 Å². The molecule has 1 aliphatic heterocycles. The van der Waals surface area contributed by atoms with E-state index in [2.05, 4.69) is 16.8 Å². The molecule has 2 N–H and O–H groups in total. The summed E-state index contributed by atoms with van der Waals surface area (Å²) < 4.78 is 0. The van der Waals surface area contributed by atoms with Crippen molar-refractivity contribution in [3.63, 3.8) is 0 Å². The van der Waals surface area contributed by atoms with Crippen LogP contribution in [-0.4, -0.2) is 54.4 Å². The minimum atomic E-state index is 0.144. The van der Waals surface area contributed by atoms with Gasteiger partial charge in [0.25, 0.3) is 0 Å². The first-order chi connectivity index (χ1) is 7.65. The molecule has 16 heavy (non-hydrogen) atoms. The molecular formula is C11H22N4O. The van der Waals surface area contributed by atoms with Gasteiger partial charge >= 0.3 is 0 Å². The van der Waals surface area contributed by atoms with E-state index in [4.69, 9.17) is 5.73 Å². The molecule has 0 aliphatic carbocycles. The summed E-state index contributed by atoms with van der Waals surface area (Å²) in [5.74, 6) is 0.762. The van der Waals surface area contributed by atoms with Crippen LogP contribution in [0.2, 0.25) is 0 Å². The first kappa shape index (κ1) is 12.8. The summed E-state index contributed by atoms with van der Waals surface area (Å²) in [4.78, 5) is 19.5. The van der Waals surface area contributed by atoms with E-state index in [1.165, 1.54) is 0 Å². The molecule has 0 radical (unpaired) electrons. The molecule has 1 fully saturated rings. The van der Waals surface area contributed by atoms with Gasteiger partial charge in [0.05, 0.1) is 0 Å². The zero-order valence-corrected chi connectivity index (χ0v) is 10.3. The zero-order valence-electron chi connectivity index (χ0n) is 10.3. The number of rotatable bonds is 2. The molecule has 0 unspecified atom stereocenters. The number of nitrogens with zero attached hydrogens (tertiary/aromatic N) is 3. The second kappa shape index (κ2) is 6.35. The lowest BCUT2D eigenvalue weighted by molar-refractivity contribution is -0.128. The Balaban J connectivity index is 2.49. The van der Waals surface area contributed by atoms with E-state index in [-0.39, 0.29) is 5.91 Å². The van der Waals surface area contributed by atoms with E-state index in [1.807, 2.05) is 4.90 Å². The summed E-state index contributed by atoms with van der Waals surface area (Å²) in [6.45, 7) is 7.73. The second-order valence-electron chi connectivity index (χ2n) is 4.09. The number of hydrogen-bond acceptors (Lipinski definition) is 2. The fourth-order valence-corrected chi connectivity index (χ4v) is 1.79. The fraction of sp³-hybridized carbons (Fsp3) is 0.818. The molecule has 0 bridgehead atoms. The van der Waals surface area contributed by atoms with Gasteiger partial charge in [0.1, 0.15) is 0 Å². The van der Waals surface area contributed by atoms with Crippen LogP contribution in [0.3, 0.4) is 0 Å². The van der Waals surface area contributed by atoms with Crippen LogP contribution < -0.4 is 5.73 Å². The first-order valence-electron chi connectivity index (χ1n) is 5.95. The van der Waals surface area contributed by atoms with Crippen molar-refractivity contribution in [1.29, 1.82) is 0 Å². The normalized spacial score (nSPS) is 18.5. The van der Waals surface area contributed by atoms with Gasteiger partial charge in [-0.3, -0.25) is 9.79 Å². The molecule has 1 rings (SSSR count). The molecule has 0 aromatic heterocycles. The van der Waals surface area contributed by atoms with E-state index >= 15 is 0 Å². The van der Waals surface area contributed by atoms with Crippen LogP contribution >= 0.6 is 0 Å². The Hall–Kier alpha value is -1.26. The summed E-state index contributed by atoms with van der Waals surface area (Å²) in [5.41, 5.74) is 5.90. The molecule has 5 nitrogen and oxygen atoms in total. The standard InChI is InChI=1S/C11H22N4O/c1-3-5-13-11(12)15-7-4-6-14(8-9-15)10(2)16/h3-9H2,1-2H3,(H2,12,13). The average Bonchev–Trinajstić information content (AvgIpc) is 2.51. The largest absolute Gasteiger partial charge is 0.370 e. The number of amides is 1. The van der Waals surface area contributed by atoms with E-state index in [9.17, 15) is 4.79 Å². The minimum absolute atomic E-state index is 0.144. The van der Waals surface area contributed by atoms with Crippen molar-refractivity contribution >= 4 is 11.9 Å². The molecule has 5 heteroatoms. The Labute approximate surface area is 97.3 Å². The Morgan fingerprint density at radius 3 is 2.50 bits per heavy atom. The Kier molecular flexibility index (Phi) is 5.08. The van der Waals surface area contributed by atoms with Crippen LogP contribution in [0.1, 0.15) is 26.7 Å². The maximum Gasteiger partial charge on any atom is 0.219 e. The van der Waals surface area contributed by atoms with Crippen LogP contribution in [0, 0.1) is 0 Å². The topological polar surface area (TPSA) is 61.9 Å². The van der Waals surface area contributed by atoms with E-state index in [0.29, 0.717) is 5.96 Å². The van der Waals surface area contributed by atoms with Crippen molar-refractivity contribution in [3.8, 4) is 0 Å². The quantitative estimate of drug-likeness (QED) is 0.543. The van der Waals surface area contributed by atoms with Gasteiger partial charge in [0, 0.05) is 39.6 Å². The average molecular weight is 226 g/mol. The highest BCUT2D eigenvalue weighted by Crippen LogP contribution is 2.03. The zero-order chi connectivity index (χ0) is 12.0. The maximum atomic E-state index is 11.2. The van der Waals surface area contributed by atoms with Crippen molar-refractivity contribution in [2.75, 3.05) is 32.7 Å². The number of carbonyl (C=O) groups is 1. The molecule has 1 aliphatic rings. The lowest BCUT2D eigenvalue weighted by Gasteiger charge is -2.22. The second-order valence-corrected chi connectivity index (χ2v) is 4.09. The van der Waals surface area contributed by atoms with Gasteiger partial charge in [-0.15, -0.1) is 0 Å². The van der Waals surface area contributed by atoms with Crippen molar-refractivity contribution in [2.45, 2.75) is 26.7 Å². The van der Waals surface area contributed by atoms with Crippen LogP contribution in [-0.2, 0) is 4.79 Å². The van der Waals surface area contributed by atoms with Gasteiger partial charge in [0.2, 0.25) is 5.91 Å². The van der Waals surface area contributed by atoms with Crippen molar-refractivity contribution < 1.29 is 4.79 Å². The fourth-order valence-electron chi connectivity index (χ4n) is 1.79. The van der Waals surface area contributed by atoms with Crippen LogP contribution in [0.15, 0.2) is 4.99 Å². The number of carbonyl (C=O) groups excluding carboxylic acids is 1. The molecular weight excluding hydrogens is 204 g/mol. The van der Waals surface area contributed by atoms with Gasteiger partial charge in [-0.25, -0.2) is 0 Å². The highest BCUT2D eigenvalue weighted by atomic mass is 16.2. The van der Waals surface area contributed by atoms with Crippen LogP contribution in [0.4, 0.5) is 0 Å². The molecule has 0 aromatic rings. The summed E-state index contributed by atoms with van der Waals surface area (Å²) in [7, 11) is 0. The van der Waals surface area contributed by atoms with Crippen LogP contribution in [0.5, 0.6) is 0 Å². The predicted octanol–water partition coefficient (Wildman–Crippen LogP) is 0.265. The number of aliphatic imine (C=N–C) groups is 1. The highest BCUT2D eigenvalue weighted by Gasteiger charge is 2.17. The third kappa shape index (κ3) is 3.72. The third-order valence-corrected chi connectivity index (χ3v) is 2.76. The first-order valence-corrected chi connectivity index (χ1v) is 5.95. The number of nitrogens with two attached hydrogens (primary N) is 1. The predicted molar refractivity (Wildman–Crippen MR) is 65.2 cm³/mol. The lowest BCUT2D eigenvalue weighted by atomic mass is 10.4. The van der Waals surface area contributed by atoms with E-state index in [1.54, 1.807) is 6.92 Å². The van der Waals surface area contributed by atoms with Gasteiger partial charge in [-0.05, 0) is 12.8 Å². The van der Waals surface area contributed by atoms with Crippen molar-refractivity contribution in [1.82, 2.24) is 9.80 Å². The van der Waals surface area contributed by atoms with Gasteiger partial charge in [0.15, 0.2) is 5.96 Å². The Morgan fingerprint density at radius 1 is 1.25 bits per heavy atom. The highest BCUT2D eigenvalue weighted by molar-refractivity contribution is 5.78. The minimum Gasteiger partial charge on any atom is -0.370 e. The number of hydrogen-bond donors (Lipinski definition) is 1. The summed E-state index contributed by atoms with van der Waals surface area (Å²) in [6, 6.07) is 0. The summed E-state index contributed by atoms with van der Waals surface area (Å²) >= 11 is 0. The monoisotopic (exact) mass is 226 g/mol. The lowest BCUT2D eigenvalue weighted by Crippen LogP contribution is -2.40. The molecule has 1 heterocycles. The molecule has 0 spiro atoms. The molecule has 0 saturated carbocycles. The molecule has 1 saturated heterocycles. The summed E-state index contributed by atoms with van der Waals surface area (Å²) in [5, 5.41) is 0. The van der Waals surface area contributed by atoms with E-state index < -0.39 is 0 Å².